The number of esters is 1. The van der Waals surface area contributed by atoms with Crippen LogP contribution in [0.1, 0.15) is 84.0 Å². The van der Waals surface area contributed by atoms with Gasteiger partial charge < -0.3 is 4.74 Å². The van der Waals surface area contributed by atoms with Crippen LogP contribution < -0.4 is 0 Å². The van der Waals surface area contributed by atoms with Crippen LogP contribution in [0, 0.1) is 0 Å². The molecular formula is C21H36O2. The molecule has 132 valence electrons. The van der Waals surface area contributed by atoms with Crippen molar-refractivity contribution in [3.63, 3.8) is 0 Å². The third-order valence-corrected chi connectivity index (χ3v) is 3.73. The minimum atomic E-state index is -0.0943. The van der Waals surface area contributed by atoms with Crippen LogP contribution in [-0.4, -0.2) is 13.1 Å². The maximum Gasteiger partial charge on any atom is 0.305 e. The monoisotopic (exact) mass is 320 g/mol. The molecule has 0 radical (unpaired) electrons. The van der Waals surface area contributed by atoms with Crippen LogP contribution >= 0.6 is 0 Å². The minimum absolute atomic E-state index is 0.0943. The van der Waals surface area contributed by atoms with E-state index in [1.165, 1.54) is 32.8 Å². The Balaban J connectivity index is 3.30. The molecule has 0 rings (SSSR count). The molecule has 0 aliphatic rings. The summed E-state index contributed by atoms with van der Waals surface area (Å²) in [6.07, 6.45) is 27.0. The van der Waals surface area contributed by atoms with Gasteiger partial charge in [0.15, 0.2) is 0 Å². The van der Waals surface area contributed by atoms with Gasteiger partial charge in [0.2, 0.25) is 0 Å². The molecule has 0 bridgehead atoms. The van der Waals surface area contributed by atoms with E-state index in [9.17, 15) is 4.79 Å². The minimum Gasteiger partial charge on any atom is -0.469 e. The molecule has 0 aliphatic heterocycles. The number of hydrogen-bond acceptors (Lipinski definition) is 2. The van der Waals surface area contributed by atoms with Crippen molar-refractivity contribution in [2.24, 2.45) is 0 Å². The molecule has 2 heteroatoms. The third-order valence-electron chi connectivity index (χ3n) is 3.73. The SMILES string of the molecule is CCCCCC=CCC=CCCC=CCCCCCC(=O)OC. The summed E-state index contributed by atoms with van der Waals surface area (Å²) in [6, 6.07) is 0. The van der Waals surface area contributed by atoms with Gasteiger partial charge in [-0.2, -0.15) is 0 Å². The average molecular weight is 321 g/mol. The summed E-state index contributed by atoms with van der Waals surface area (Å²) >= 11 is 0. The fourth-order valence-corrected chi connectivity index (χ4v) is 2.26. The summed E-state index contributed by atoms with van der Waals surface area (Å²) in [6.45, 7) is 2.24. The summed E-state index contributed by atoms with van der Waals surface area (Å²) in [4.78, 5) is 10.9. The van der Waals surface area contributed by atoms with Crippen LogP contribution in [0.4, 0.5) is 0 Å². The van der Waals surface area contributed by atoms with E-state index in [1.54, 1.807) is 0 Å². The Kier molecular flexibility index (Phi) is 17.7. The summed E-state index contributed by atoms with van der Waals surface area (Å²) < 4.78 is 4.62. The molecule has 0 aromatic heterocycles. The largest absolute Gasteiger partial charge is 0.469 e. The van der Waals surface area contributed by atoms with Crippen LogP contribution in [0.3, 0.4) is 0 Å². The topological polar surface area (TPSA) is 26.3 Å². The number of carbonyl (C=O) groups is 1. The van der Waals surface area contributed by atoms with Crippen molar-refractivity contribution in [2.45, 2.75) is 84.0 Å². The van der Waals surface area contributed by atoms with E-state index in [4.69, 9.17) is 0 Å². The van der Waals surface area contributed by atoms with Gasteiger partial charge in [0.1, 0.15) is 0 Å². The number of allylic oxidation sites excluding steroid dienone is 6. The van der Waals surface area contributed by atoms with Crippen molar-refractivity contribution in [3.8, 4) is 0 Å². The van der Waals surface area contributed by atoms with Gasteiger partial charge in [-0.3, -0.25) is 4.79 Å². The second kappa shape index (κ2) is 18.7. The molecular weight excluding hydrogens is 284 g/mol. The van der Waals surface area contributed by atoms with Crippen molar-refractivity contribution in [1.29, 1.82) is 0 Å². The summed E-state index contributed by atoms with van der Waals surface area (Å²) in [7, 11) is 1.45. The number of unbranched alkanes of at least 4 members (excludes halogenated alkanes) is 7. The molecule has 0 unspecified atom stereocenters. The van der Waals surface area contributed by atoms with E-state index in [0.717, 1.165) is 44.9 Å². The van der Waals surface area contributed by atoms with E-state index in [-0.39, 0.29) is 5.97 Å². The molecule has 0 aliphatic carbocycles. The molecule has 0 saturated carbocycles. The number of carbonyl (C=O) groups excluding carboxylic acids is 1. The van der Waals surface area contributed by atoms with Crippen LogP contribution in [0.2, 0.25) is 0 Å². The maximum absolute atomic E-state index is 10.9. The molecule has 2 nitrogen and oxygen atoms in total. The lowest BCUT2D eigenvalue weighted by Crippen LogP contribution is -1.98. The predicted molar refractivity (Wildman–Crippen MR) is 101 cm³/mol. The zero-order valence-electron chi connectivity index (χ0n) is 15.3. The van der Waals surface area contributed by atoms with Gasteiger partial charge in [-0.15, -0.1) is 0 Å². The highest BCUT2D eigenvalue weighted by atomic mass is 16.5. The van der Waals surface area contributed by atoms with Crippen LogP contribution in [0.15, 0.2) is 36.5 Å². The van der Waals surface area contributed by atoms with Gasteiger partial charge in [0.05, 0.1) is 7.11 Å². The number of methoxy groups -OCH3 is 1. The Bertz CT molecular complexity index is 340. The van der Waals surface area contributed by atoms with Crippen LogP contribution in [0.5, 0.6) is 0 Å². The first-order chi connectivity index (χ1) is 11.3. The normalized spacial score (nSPS) is 11.9. The Labute approximate surface area is 143 Å². The average Bonchev–Trinajstić information content (AvgIpc) is 2.57. The third kappa shape index (κ3) is 18.6. The highest BCUT2D eigenvalue weighted by Gasteiger charge is 1.97. The van der Waals surface area contributed by atoms with Gasteiger partial charge >= 0.3 is 5.97 Å². The number of rotatable bonds is 15. The Morgan fingerprint density at radius 2 is 1.30 bits per heavy atom. The second-order valence-electron chi connectivity index (χ2n) is 5.90. The lowest BCUT2D eigenvalue weighted by atomic mass is 10.1. The molecule has 0 aromatic rings. The first-order valence-electron chi connectivity index (χ1n) is 9.33. The molecule has 0 atom stereocenters. The predicted octanol–water partition coefficient (Wildman–Crippen LogP) is 6.53. The van der Waals surface area contributed by atoms with Gasteiger partial charge in [-0.1, -0.05) is 62.6 Å². The molecule has 0 spiro atoms. The lowest BCUT2D eigenvalue weighted by Gasteiger charge is -1.98. The maximum atomic E-state index is 10.9. The van der Waals surface area contributed by atoms with Gasteiger partial charge in [0.25, 0.3) is 0 Å². The van der Waals surface area contributed by atoms with Gasteiger partial charge in [-0.05, 0) is 51.4 Å². The Morgan fingerprint density at radius 1 is 0.739 bits per heavy atom. The highest BCUT2D eigenvalue weighted by Crippen LogP contribution is 2.05. The van der Waals surface area contributed by atoms with Crippen molar-refractivity contribution < 1.29 is 9.53 Å². The summed E-state index contributed by atoms with van der Waals surface area (Å²) in [5.41, 5.74) is 0. The molecule has 0 aromatic carbocycles. The van der Waals surface area contributed by atoms with Crippen molar-refractivity contribution >= 4 is 5.97 Å². The fraction of sp³-hybridized carbons (Fsp3) is 0.667. The number of ether oxygens (including phenoxy) is 1. The quantitative estimate of drug-likeness (QED) is 0.195. The van der Waals surface area contributed by atoms with E-state index in [0.29, 0.717) is 6.42 Å². The van der Waals surface area contributed by atoms with Crippen molar-refractivity contribution in [3.05, 3.63) is 36.5 Å². The van der Waals surface area contributed by atoms with Gasteiger partial charge in [-0.25, -0.2) is 0 Å². The van der Waals surface area contributed by atoms with E-state index >= 15 is 0 Å². The molecule has 0 fully saturated rings. The zero-order chi connectivity index (χ0) is 17.0. The smallest absolute Gasteiger partial charge is 0.305 e. The zero-order valence-corrected chi connectivity index (χ0v) is 15.3. The second-order valence-corrected chi connectivity index (χ2v) is 5.90. The number of hydrogen-bond donors (Lipinski definition) is 0. The van der Waals surface area contributed by atoms with Crippen LogP contribution in [-0.2, 0) is 9.53 Å². The molecule has 0 N–H and O–H groups in total. The van der Waals surface area contributed by atoms with E-state index in [1.807, 2.05) is 0 Å². The Hall–Kier alpha value is -1.31. The van der Waals surface area contributed by atoms with Crippen LogP contribution in [0.25, 0.3) is 0 Å². The van der Waals surface area contributed by atoms with E-state index in [2.05, 4.69) is 48.1 Å². The Morgan fingerprint density at radius 3 is 1.96 bits per heavy atom. The molecule has 23 heavy (non-hydrogen) atoms. The molecule has 0 heterocycles. The molecule has 0 amide bonds. The standard InChI is InChI=1S/C21H36O2/c1-3-4-5-6-7-8-9-10-11-12-13-14-15-16-17-18-19-20-21(22)23-2/h7-8,10-11,14-15H,3-6,9,12-13,16-20H2,1-2H3. The summed E-state index contributed by atoms with van der Waals surface area (Å²) in [5, 5.41) is 0. The van der Waals surface area contributed by atoms with E-state index < -0.39 is 0 Å². The molecule has 0 saturated heterocycles. The van der Waals surface area contributed by atoms with Gasteiger partial charge in [0, 0.05) is 6.42 Å². The fourth-order valence-electron chi connectivity index (χ4n) is 2.26. The van der Waals surface area contributed by atoms with Crippen molar-refractivity contribution in [1.82, 2.24) is 0 Å². The first kappa shape index (κ1) is 21.7. The summed E-state index contributed by atoms with van der Waals surface area (Å²) in [5.74, 6) is -0.0943. The van der Waals surface area contributed by atoms with Crippen molar-refractivity contribution in [2.75, 3.05) is 7.11 Å². The first-order valence-corrected chi connectivity index (χ1v) is 9.33. The lowest BCUT2D eigenvalue weighted by molar-refractivity contribution is -0.140. The highest BCUT2D eigenvalue weighted by molar-refractivity contribution is 5.68.